The first-order chi connectivity index (χ1) is 13.9. The van der Waals surface area contributed by atoms with Crippen molar-refractivity contribution in [2.75, 3.05) is 19.7 Å². The van der Waals surface area contributed by atoms with Crippen LogP contribution in [0.4, 0.5) is 4.39 Å². The summed E-state index contributed by atoms with van der Waals surface area (Å²) in [6.07, 6.45) is 3.10. The smallest absolute Gasteiger partial charge is 0.326 e. The van der Waals surface area contributed by atoms with Crippen LogP contribution in [0.25, 0.3) is 5.69 Å². The number of hydrogen-bond acceptors (Lipinski definition) is 4. The van der Waals surface area contributed by atoms with Gasteiger partial charge in [-0.25, -0.2) is 4.39 Å². The zero-order valence-corrected chi connectivity index (χ0v) is 16.7. The second-order valence-corrected chi connectivity index (χ2v) is 7.28. The molecule has 7 heteroatoms. The van der Waals surface area contributed by atoms with Crippen LogP contribution < -0.4 is 0 Å². The second-order valence-electron chi connectivity index (χ2n) is 7.28. The zero-order chi connectivity index (χ0) is 21.0. The predicted molar refractivity (Wildman–Crippen MR) is 106 cm³/mol. The topological polar surface area (TPSA) is 68.6 Å². The number of para-hydroxylation sites is 1. The lowest BCUT2D eigenvalue weighted by Crippen LogP contribution is -2.36. The molecular formula is C22H25FN2O4. The lowest BCUT2D eigenvalue weighted by atomic mass is 10.1. The van der Waals surface area contributed by atoms with Crippen molar-refractivity contribution in [2.24, 2.45) is 0 Å². The molecular weight excluding hydrogens is 375 g/mol. The van der Waals surface area contributed by atoms with Gasteiger partial charge in [0.1, 0.15) is 12.4 Å². The molecule has 0 aliphatic carbocycles. The highest BCUT2D eigenvalue weighted by molar-refractivity contribution is 5.99. The standard InChI is InChI=1S/C22H25FN2O4/c1-15-12-17(16(2)25(15)19-9-6-5-8-18(19)23)20(26)14-29-22(28)13-24-11-7-3-4-10-21(24)27/h5-6,8-9,12H,3-4,7,10-11,13-14H2,1-2H3. The van der Waals surface area contributed by atoms with Crippen LogP contribution in [0.15, 0.2) is 30.3 Å². The molecule has 0 unspecified atom stereocenters. The number of likely N-dealkylation sites (tertiary alicyclic amines) is 1. The van der Waals surface area contributed by atoms with E-state index < -0.39 is 12.6 Å². The molecule has 2 aromatic rings. The van der Waals surface area contributed by atoms with Crippen LogP contribution in [0, 0.1) is 19.7 Å². The lowest BCUT2D eigenvalue weighted by Gasteiger charge is -2.19. The monoisotopic (exact) mass is 400 g/mol. The minimum Gasteiger partial charge on any atom is -0.456 e. The van der Waals surface area contributed by atoms with Crippen molar-refractivity contribution >= 4 is 17.7 Å². The van der Waals surface area contributed by atoms with E-state index in [0.717, 1.165) is 19.3 Å². The minimum absolute atomic E-state index is 0.0563. The van der Waals surface area contributed by atoms with Crippen molar-refractivity contribution < 1.29 is 23.5 Å². The normalized spacial score (nSPS) is 14.6. The second kappa shape index (κ2) is 9.03. The van der Waals surface area contributed by atoms with Crippen LogP contribution in [0.3, 0.4) is 0 Å². The van der Waals surface area contributed by atoms with E-state index in [1.54, 1.807) is 42.7 Å². The number of ether oxygens (including phenoxy) is 1. The summed E-state index contributed by atoms with van der Waals surface area (Å²) in [4.78, 5) is 38.2. The Morgan fingerprint density at radius 1 is 1.14 bits per heavy atom. The highest BCUT2D eigenvalue weighted by Gasteiger charge is 2.22. The molecule has 0 spiro atoms. The maximum Gasteiger partial charge on any atom is 0.326 e. The maximum absolute atomic E-state index is 14.2. The van der Waals surface area contributed by atoms with Gasteiger partial charge in [-0.15, -0.1) is 0 Å². The fourth-order valence-electron chi connectivity index (χ4n) is 3.68. The number of carbonyl (C=O) groups is 3. The molecule has 1 aromatic carbocycles. The molecule has 0 saturated carbocycles. The van der Waals surface area contributed by atoms with Crippen molar-refractivity contribution in [3.05, 3.63) is 53.1 Å². The van der Waals surface area contributed by atoms with Crippen molar-refractivity contribution in [2.45, 2.75) is 39.5 Å². The van der Waals surface area contributed by atoms with Crippen molar-refractivity contribution in [1.29, 1.82) is 0 Å². The Kier molecular flexibility index (Phi) is 6.46. The Labute approximate surface area is 169 Å². The van der Waals surface area contributed by atoms with E-state index in [9.17, 15) is 18.8 Å². The number of esters is 1. The molecule has 6 nitrogen and oxygen atoms in total. The molecule has 1 aromatic heterocycles. The Balaban J connectivity index is 1.65. The minimum atomic E-state index is -0.600. The maximum atomic E-state index is 14.2. The fourth-order valence-corrected chi connectivity index (χ4v) is 3.68. The molecule has 0 N–H and O–H groups in total. The molecule has 2 heterocycles. The molecule has 1 aliphatic rings. The lowest BCUT2D eigenvalue weighted by molar-refractivity contribution is -0.148. The van der Waals surface area contributed by atoms with E-state index in [4.69, 9.17) is 4.74 Å². The van der Waals surface area contributed by atoms with Crippen LogP contribution in [0.2, 0.25) is 0 Å². The summed E-state index contributed by atoms with van der Waals surface area (Å²) in [6.45, 7) is 3.49. The third-order valence-corrected chi connectivity index (χ3v) is 5.18. The molecule has 1 amide bonds. The van der Waals surface area contributed by atoms with E-state index in [-0.39, 0.29) is 24.1 Å². The Hall–Kier alpha value is -2.96. The number of aryl methyl sites for hydroxylation is 1. The first-order valence-corrected chi connectivity index (χ1v) is 9.79. The molecule has 29 heavy (non-hydrogen) atoms. The quantitative estimate of drug-likeness (QED) is 0.551. The number of benzene rings is 1. The van der Waals surface area contributed by atoms with Crippen molar-refractivity contribution in [3.63, 3.8) is 0 Å². The van der Waals surface area contributed by atoms with Crippen LogP contribution >= 0.6 is 0 Å². The van der Waals surface area contributed by atoms with Gasteiger partial charge in [0.15, 0.2) is 6.61 Å². The molecule has 154 valence electrons. The third kappa shape index (κ3) is 4.72. The van der Waals surface area contributed by atoms with E-state index in [0.29, 0.717) is 35.6 Å². The molecule has 1 aliphatic heterocycles. The highest BCUT2D eigenvalue weighted by atomic mass is 19.1. The highest BCUT2D eigenvalue weighted by Crippen LogP contribution is 2.23. The summed E-state index contributed by atoms with van der Waals surface area (Å²) in [5, 5.41) is 0. The first-order valence-electron chi connectivity index (χ1n) is 9.79. The molecule has 0 bridgehead atoms. The van der Waals surface area contributed by atoms with Gasteiger partial charge in [-0.2, -0.15) is 0 Å². The summed E-state index contributed by atoms with van der Waals surface area (Å²) in [5.41, 5.74) is 2.02. The molecule has 0 atom stereocenters. The van der Waals surface area contributed by atoms with E-state index >= 15 is 0 Å². The predicted octanol–water partition coefficient (Wildman–Crippen LogP) is 3.36. The Morgan fingerprint density at radius 2 is 1.90 bits per heavy atom. The van der Waals surface area contributed by atoms with Gasteiger partial charge in [0.25, 0.3) is 0 Å². The Bertz CT molecular complexity index is 935. The number of nitrogens with zero attached hydrogens (tertiary/aromatic N) is 2. The van der Waals surface area contributed by atoms with Crippen LogP contribution in [0.5, 0.6) is 0 Å². The fraction of sp³-hybridized carbons (Fsp3) is 0.409. The van der Waals surface area contributed by atoms with Crippen molar-refractivity contribution in [3.8, 4) is 5.69 Å². The summed E-state index contributed by atoms with van der Waals surface area (Å²) in [5.74, 6) is -1.41. The number of carbonyl (C=O) groups excluding carboxylic acids is 3. The van der Waals surface area contributed by atoms with Crippen LogP contribution in [-0.4, -0.2) is 46.8 Å². The Morgan fingerprint density at radius 3 is 2.66 bits per heavy atom. The average molecular weight is 400 g/mol. The van der Waals surface area contributed by atoms with Gasteiger partial charge >= 0.3 is 5.97 Å². The largest absolute Gasteiger partial charge is 0.456 e. The summed E-state index contributed by atoms with van der Waals surface area (Å²) < 4.78 is 21.0. The van der Waals surface area contributed by atoms with Gasteiger partial charge in [0.05, 0.1) is 5.69 Å². The number of rotatable bonds is 6. The number of aromatic nitrogens is 1. The SMILES string of the molecule is Cc1cc(C(=O)COC(=O)CN2CCCCCC2=O)c(C)n1-c1ccccc1F. The van der Waals surface area contributed by atoms with E-state index in [1.165, 1.54) is 11.0 Å². The third-order valence-electron chi connectivity index (χ3n) is 5.18. The van der Waals surface area contributed by atoms with Gasteiger partial charge in [-0.3, -0.25) is 14.4 Å². The molecule has 3 rings (SSSR count). The van der Waals surface area contributed by atoms with Crippen LogP contribution in [-0.2, 0) is 14.3 Å². The van der Waals surface area contributed by atoms with Gasteiger partial charge in [0.2, 0.25) is 11.7 Å². The molecule has 1 fully saturated rings. The zero-order valence-electron chi connectivity index (χ0n) is 16.7. The average Bonchev–Trinajstić information content (AvgIpc) is 2.84. The van der Waals surface area contributed by atoms with Crippen molar-refractivity contribution in [1.82, 2.24) is 9.47 Å². The summed E-state index contributed by atoms with van der Waals surface area (Å²) >= 11 is 0. The first kappa shape index (κ1) is 20.8. The summed E-state index contributed by atoms with van der Waals surface area (Å²) in [7, 11) is 0. The number of amides is 1. The molecule has 0 radical (unpaired) electrons. The van der Waals surface area contributed by atoms with Gasteiger partial charge < -0.3 is 14.2 Å². The van der Waals surface area contributed by atoms with Gasteiger partial charge in [0, 0.05) is 29.9 Å². The number of hydrogen-bond donors (Lipinski definition) is 0. The van der Waals surface area contributed by atoms with E-state index in [1.807, 2.05) is 0 Å². The van der Waals surface area contributed by atoms with Crippen LogP contribution in [0.1, 0.15) is 47.4 Å². The number of ketones is 1. The summed E-state index contributed by atoms with van der Waals surface area (Å²) in [6, 6.07) is 8.00. The van der Waals surface area contributed by atoms with E-state index in [2.05, 4.69) is 0 Å². The van der Waals surface area contributed by atoms with Gasteiger partial charge in [-0.05, 0) is 44.9 Å². The number of halogens is 1. The van der Waals surface area contributed by atoms with Gasteiger partial charge in [-0.1, -0.05) is 18.6 Å². The number of Topliss-reactive ketones (excluding diaryl/α,β-unsaturated/α-hetero) is 1. The molecule has 1 saturated heterocycles.